The minimum absolute atomic E-state index is 0.296. The van der Waals surface area contributed by atoms with Gasteiger partial charge in [-0.1, -0.05) is 29.5 Å². The average molecular weight is 297 g/mol. The van der Waals surface area contributed by atoms with Crippen LogP contribution in [0.2, 0.25) is 0 Å². The number of hydrogen-bond acceptors (Lipinski definition) is 2. The highest BCUT2D eigenvalue weighted by atomic mass is 79.9. The van der Waals surface area contributed by atoms with Crippen LogP contribution in [0, 0.1) is 0 Å². The Morgan fingerprint density at radius 2 is 2.00 bits per heavy atom. The van der Waals surface area contributed by atoms with Crippen LogP contribution in [0.4, 0.5) is 0 Å². The highest BCUT2D eigenvalue weighted by molar-refractivity contribution is 9.10. The van der Waals surface area contributed by atoms with Crippen LogP contribution in [0.15, 0.2) is 44.1 Å². The van der Waals surface area contributed by atoms with Crippen molar-refractivity contribution >= 4 is 33.5 Å². The van der Waals surface area contributed by atoms with Crippen LogP contribution >= 0.6 is 27.7 Å². The smallest absolute Gasteiger partial charge is 0.169 e. The molecular weight excluding hydrogens is 284 g/mol. The summed E-state index contributed by atoms with van der Waals surface area (Å²) in [6.07, 6.45) is 2.76. The third-order valence-electron chi connectivity index (χ3n) is 2.65. The molecule has 1 nitrogen and oxygen atoms in total. The molecule has 1 aromatic carbocycles. The Balaban J connectivity index is 2.27. The second-order valence-corrected chi connectivity index (χ2v) is 5.83. The van der Waals surface area contributed by atoms with Crippen molar-refractivity contribution in [3.63, 3.8) is 0 Å². The van der Waals surface area contributed by atoms with E-state index in [9.17, 15) is 4.79 Å². The van der Waals surface area contributed by atoms with E-state index in [1.807, 2.05) is 24.3 Å². The first-order valence-electron chi connectivity index (χ1n) is 5.34. The predicted molar refractivity (Wildman–Crippen MR) is 71.6 cm³/mol. The molecule has 0 saturated heterocycles. The maximum atomic E-state index is 11.8. The molecule has 0 radical (unpaired) electrons. The van der Waals surface area contributed by atoms with Crippen LogP contribution in [0.5, 0.6) is 0 Å². The maximum absolute atomic E-state index is 11.8. The van der Waals surface area contributed by atoms with Gasteiger partial charge in [-0.3, -0.25) is 4.79 Å². The number of rotatable bonds is 2. The fourth-order valence-corrected chi connectivity index (χ4v) is 3.31. The number of carbonyl (C=O) groups excluding carboxylic acids is 1. The van der Waals surface area contributed by atoms with E-state index in [0.717, 1.165) is 27.1 Å². The number of allylic oxidation sites excluding steroid dienone is 2. The van der Waals surface area contributed by atoms with E-state index in [-0.39, 0.29) is 0 Å². The fraction of sp³-hybridized carbons (Fsp3) is 0.308. The topological polar surface area (TPSA) is 17.1 Å². The molecule has 1 aromatic rings. The van der Waals surface area contributed by atoms with Crippen molar-refractivity contribution in [1.82, 2.24) is 0 Å². The quantitative estimate of drug-likeness (QED) is 0.795. The maximum Gasteiger partial charge on any atom is 0.169 e. The number of thioether (sulfide) groups is 1. The summed E-state index contributed by atoms with van der Waals surface area (Å²) >= 11 is 5.10. The molecule has 0 atom stereocenters. The molecule has 0 aliphatic heterocycles. The molecule has 1 aliphatic carbocycles. The molecule has 84 valence electrons. The average Bonchev–Trinajstić information content (AvgIpc) is 2.26. The van der Waals surface area contributed by atoms with Crippen molar-refractivity contribution in [1.29, 1.82) is 0 Å². The molecule has 0 amide bonds. The number of benzene rings is 1. The fourth-order valence-electron chi connectivity index (χ4n) is 1.76. The Labute approximate surface area is 108 Å². The summed E-state index contributed by atoms with van der Waals surface area (Å²) in [5.74, 6) is 0.296. The third-order valence-corrected chi connectivity index (χ3v) is 4.96. The lowest BCUT2D eigenvalue weighted by Crippen LogP contribution is -2.07. The molecule has 2 rings (SSSR count). The second-order valence-electron chi connectivity index (χ2n) is 3.92. The van der Waals surface area contributed by atoms with E-state index in [4.69, 9.17) is 0 Å². The Morgan fingerprint density at radius 1 is 1.25 bits per heavy atom. The number of halogens is 1. The second kappa shape index (κ2) is 5.19. The van der Waals surface area contributed by atoms with Crippen molar-refractivity contribution in [3.8, 4) is 0 Å². The van der Waals surface area contributed by atoms with Gasteiger partial charge in [0.25, 0.3) is 0 Å². The van der Waals surface area contributed by atoms with E-state index in [1.165, 1.54) is 5.57 Å². The summed E-state index contributed by atoms with van der Waals surface area (Å²) in [5.41, 5.74) is 1.23. The minimum atomic E-state index is 0.296. The molecule has 0 saturated carbocycles. The van der Waals surface area contributed by atoms with Crippen molar-refractivity contribution < 1.29 is 4.79 Å². The highest BCUT2D eigenvalue weighted by Gasteiger charge is 2.19. The zero-order valence-corrected chi connectivity index (χ0v) is 11.5. The van der Waals surface area contributed by atoms with Gasteiger partial charge in [-0.25, -0.2) is 0 Å². The van der Waals surface area contributed by atoms with E-state index < -0.39 is 0 Å². The normalized spacial score (nSPS) is 16.8. The molecule has 16 heavy (non-hydrogen) atoms. The molecular formula is C13H13BrOS. The summed E-state index contributed by atoms with van der Waals surface area (Å²) < 4.78 is 1.05. The van der Waals surface area contributed by atoms with Crippen LogP contribution in [-0.4, -0.2) is 5.78 Å². The Bertz CT molecular complexity index is 451. The number of hydrogen-bond donors (Lipinski definition) is 0. The first-order chi connectivity index (χ1) is 7.68. The Hall–Kier alpha value is -0.540. The lowest BCUT2D eigenvalue weighted by molar-refractivity contribution is -0.115. The number of ketones is 1. The number of Topliss-reactive ketones (excluding diaryl/α,β-unsaturated/α-hetero) is 1. The molecule has 0 aromatic heterocycles. The van der Waals surface area contributed by atoms with Gasteiger partial charge in [-0.05, 0) is 47.8 Å². The Kier molecular flexibility index (Phi) is 3.87. The van der Waals surface area contributed by atoms with Crippen molar-refractivity contribution in [2.75, 3.05) is 0 Å². The summed E-state index contributed by atoms with van der Waals surface area (Å²) in [7, 11) is 0. The molecule has 0 N–H and O–H groups in total. The van der Waals surface area contributed by atoms with Gasteiger partial charge in [0, 0.05) is 15.8 Å². The molecule has 0 fully saturated rings. The lowest BCUT2D eigenvalue weighted by atomic mass is 10.00. The van der Waals surface area contributed by atoms with Gasteiger partial charge in [0.1, 0.15) is 0 Å². The third kappa shape index (κ3) is 2.58. The van der Waals surface area contributed by atoms with Crippen LogP contribution in [0.25, 0.3) is 0 Å². The summed E-state index contributed by atoms with van der Waals surface area (Å²) in [6.45, 7) is 2.07. The molecule has 0 unspecified atom stereocenters. The minimum Gasteiger partial charge on any atom is -0.294 e. The Morgan fingerprint density at radius 3 is 2.69 bits per heavy atom. The molecule has 0 spiro atoms. The van der Waals surface area contributed by atoms with Crippen molar-refractivity contribution in [2.24, 2.45) is 0 Å². The van der Waals surface area contributed by atoms with E-state index in [1.54, 1.807) is 11.8 Å². The van der Waals surface area contributed by atoms with Gasteiger partial charge in [0.2, 0.25) is 0 Å². The molecule has 3 heteroatoms. The van der Waals surface area contributed by atoms with E-state index in [0.29, 0.717) is 12.2 Å². The molecule has 0 bridgehead atoms. The zero-order valence-electron chi connectivity index (χ0n) is 9.13. The van der Waals surface area contributed by atoms with Crippen molar-refractivity contribution in [2.45, 2.75) is 31.1 Å². The first kappa shape index (κ1) is 11.9. The van der Waals surface area contributed by atoms with Gasteiger partial charge in [0.05, 0.1) is 4.91 Å². The largest absolute Gasteiger partial charge is 0.294 e. The first-order valence-corrected chi connectivity index (χ1v) is 6.95. The van der Waals surface area contributed by atoms with Gasteiger partial charge in [0.15, 0.2) is 5.78 Å². The highest BCUT2D eigenvalue weighted by Crippen LogP contribution is 2.38. The van der Waals surface area contributed by atoms with Gasteiger partial charge in [-0.15, -0.1) is 0 Å². The van der Waals surface area contributed by atoms with Crippen LogP contribution in [0.1, 0.15) is 26.2 Å². The predicted octanol–water partition coefficient (Wildman–Crippen LogP) is 4.57. The molecule has 1 aliphatic rings. The van der Waals surface area contributed by atoms with E-state index in [2.05, 4.69) is 22.9 Å². The van der Waals surface area contributed by atoms with Gasteiger partial charge < -0.3 is 0 Å². The standard InChI is InChI=1S/C13H13BrOS/c1-9-5-4-7-11(15)13(9)16-12-8-3-2-6-10(12)14/h2-3,6,8H,4-5,7H2,1H3. The van der Waals surface area contributed by atoms with Gasteiger partial charge >= 0.3 is 0 Å². The SMILES string of the molecule is CC1=C(Sc2ccccc2Br)C(=O)CCC1. The van der Waals surface area contributed by atoms with E-state index >= 15 is 0 Å². The molecule has 0 heterocycles. The summed E-state index contributed by atoms with van der Waals surface area (Å²) in [5, 5.41) is 0. The summed E-state index contributed by atoms with van der Waals surface area (Å²) in [4.78, 5) is 13.9. The van der Waals surface area contributed by atoms with Crippen LogP contribution < -0.4 is 0 Å². The zero-order chi connectivity index (χ0) is 11.5. The van der Waals surface area contributed by atoms with Crippen LogP contribution in [0.3, 0.4) is 0 Å². The monoisotopic (exact) mass is 296 g/mol. The summed E-state index contributed by atoms with van der Waals surface area (Å²) in [6, 6.07) is 8.02. The number of carbonyl (C=O) groups is 1. The van der Waals surface area contributed by atoms with Gasteiger partial charge in [-0.2, -0.15) is 0 Å². The van der Waals surface area contributed by atoms with Crippen molar-refractivity contribution in [3.05, 3.63) is 39.2 Å². The van der Waals surface area contributed by atoms with Crippen LogP contribution in [-0.2, 0) is 4.79 Å². The lowest BCUT2D eigenvalue weighted by Gasteiger charge is -2.16.